The fourth-order valence-corrected chi connectivity index (χ4v) is 4.75. The van der Waals surface area contributed by atoms with Gasteiger partial charge in [0.2, 0.25) is 17.7 Å². The number of nitrogens with zero attached hydrogens (tertiary/aromatic N) is 1. The lowest BCUT2D eigenvalue weighted by molar-refractivity contribution is -0.129. The molecule has 196 valence electrons. The number of anilines is 1. The van der Waals surface area contributed by atoms with Crippen LogP contribution in [0.25, 0.3) is 10.9 Å². The van der Waals surface area contributed by atoms with Crippen LogP contribution in [0.15, 0.2) is 79.0 Å². The summed E-state index contributed by atoms with van der Waals surface area (Å²) in [4.78, 5) is 43.4. The number of nitrogens with one attached hydrogen (secondary N) is 3. The SMILES string of the molecule is CC(NC(=O)CCC(=O)N1Cc2ccccc2C#Cc2ccccc21)C(=O)NCCc1c[nH]c2ccccc12. The Kier molecular flexibility index (Phi) is 7.74. The van der Waals surface area contributed by atoms with E-state index in [1.54, 1.807) is 11.8 Å². The Bertz CT molecular complexity index is 1590. The van der Waals surface area contributed by atoms with E-state index in [2.05, 4.69) is 27.5 Å². The average molecular weight is 519 g/mol. The van der Waals surface area contributed by atoms with Crippen molar-refractivity contribution >= 4 is 34.3 Å². The van der Waals surface area contributed by atoms with Crippen LogP contribution in [0.2, 0.25) is 0 Å². The van der Waals surface area contributed by atoms with E-state index >= 15 is 0 Å². The van der Waals surface area contributed by atoms with E-state index in [9.17, 15) is 14.4 Å². The summed E-state index contributed by atoms with van der Waals surface area (Å²) < 4.78 is 0. The lowest BCUT2D eigenvalue weighted by Crippen LogP contribution is -2.45. The van der Waals surface area contributed by atoms with E-state index in [1.807, 2.05) is 79.0 Å². The van der Waals surface area contributed by atoms with Crippen molar-refractivity contribution in [3.05, 3.63) is 101 Å². The lowest BCUT2D eigenvalue weighted by Gasteiger charge is -2.26. The van der Waals surface area contributed by atoms with Gasteiger partial charge in [-0.1, -0.05) is 60.4 Å². The predicted octanol–water partition coefficient (Wildman–Crippen LogP) is 4.06. The summed E-state index contributed by atoms with van der Waals surface area (Å²) in [7, 11) is 0. The summed E-state index contributed by atoms with van der Waals surface area (Å²) in [6, 6.07) is 22.6. The van der Waals surface area contributed by atoms with Crippen molar-refractivity contribution in [3.63, 3.8) is 0 Å². The van der Waals surface area contributed by atoms with Crippen molar-refractivity contribution in [2.45, 2.75) is 38.8 Å². The summed E-state index contributed by atoms with van der Waals surface area (Å²) in [5.74, 6) is 5.60. The van der Waals surface area contributed by atoms with Crippen LogP contribution < -0.4 is 15.5 Å². The van der Waals surface area contributed by atoms with Gasteiger partial charge in [-0.05, 0) is 48.7 Å². The molecule has 5 rings (SSSR count). The summed E-state index contributed by atoms with van der Waals surface area (Å²) >= 11 is 0. The molecule has 0 aliphatic carbocycles. The summed E-state index contributed by atoms with van der Waals surface area (Å²) in [6.45, 7) is 2.47. The number of rotatable bonds is 8. The minimum absolute atomic E-state index is 0.0161. The van der Waals surface area contributed by atoms with E-state index in [0.717, 1.165) is 38.8 Å². The Morgan fingerprint density at radius 2 is 1.64 bits per heavy atom. The van der Waals surface area contributed by atoms with E-state index in [1.165, 1.54) is 0 Å². The van der Waals surface area contributed by atoms with Gasteiger partial charge in [0.05, 0.1) is 12.2 Å². The zero-order chi connectivity index (χ0) is 27.2. The lowest BCUT2D eigenvalue weighted by atomic mass is 10.0. The number of amides is 3. The van der Waals surface area contributed by atoms with E-state index in [0.29, 0.717) is 19.5 Å². The molecule has 1 aliphatic heterocycles. The summed E-state index contributed by atoms with van der Waals surface area (Å²) in [5, 5.41) is 6.74. The minimum Gasteiger partial charge on any atom is -0.361 e. The van der Waals surface area contributed by atoms with Gasteiger partial charge in [-0.25, -0.2) is 0 Å². The maximum Gasteiger partial charge on any atom is 0.242 e. The molecule has 1 atom stereocenters. The maximum atomic E-state index is 13.3. The van der Waals surface area contributed by atoms with Crippen molar-refractivity contribution in [1.82, 2.24) is 15.6 Å². The van der Waals surface area contributed by atoms with Gasteiger partial charge in [0.25, 0.3) is 0 Å². The number of fused-ring (bicyclic) bond motifs is 3. The van der Waals surface area contributed by atoms with Gasteiger partial charge in [-0.3, -0.25) is 14.4 Å². The zero-order valence-corrected chi connectivity index (χ0v) is 21.8. The molecule has 4 aromatic rings. The van der Waals surface area contributed by atoms with Gasteiger partial charge in [-0.15, -0.1) is 0 Å². The highest BCUT2D eigenvalue weighted by Crippen LogP contribution is 2.26. The molecule has 1 aromatic heterocycles. The van der Waals surface area contributed by atoms with Crippen LogP contribution in [0.1, 0.15) is 42.0 Å². The fraction of sp³-hybridized carbons (Fsp3) is 0.219. The largest absolute Gasteiger partial charge is 0.361 e. The number of carbonyl (C=O) groups is 3. The van der Waals surface area contributed by atoms with Crippen LogP contribution in [0.4, 0.5) is 5.69 Å². The highest BCUT2D eigenvalue weighted by atomic mass is 16.2. The number of aromatic amines is 1. The summed E-state index contributed by atoms with van der Waals surface area (Å²) in [6.07, 6.45) is 2.63. The maximum absolute atomic E-state index is 13.3. The van der Waals surface area contributed by atoms with Gasteiger partial charge < -0.3 is 20.5 Å². The molecule has 0 radical (unpaired) electrons. The van der Waals surface area contributed by atoms with Crippen LogP contribution in [0.3, 0.4) is 0 Å². The van der Waals surface area contributed by atoms with E-state index in [4.69, 9.17) is 0 Å². The average Bonchev–Trinajstić information content (AvgIpc) is 3.36. The fourth-order valence-electron chi connectivity index (χ4n) is 4.75. The van der Waals surface area contributed by atoms with Gasteiger partial charge in [0, 0.05) is 47.6 Å². The minimum atomic E-state index is -0.708. The molecule has 2 heterocycles. The van der Waals surface area contributed by atoms with Crippen molar-refractivity contribution < 1.29 is 14.4 Å². The first-order chi connectivity index (χ1) is 19.0. The molecule has 3 aromatic carbocycles. The van der Waals surface area contributed by atoms with Crippen molar-refractivity contribution in [3.8, 4) is 11.8 Å². The molecule has 0 saturated carbocycles. The Balaban J connectivity index is 1.14. The molecule has 3 N–H and O–H groups in total. The molecule has 0 fully saturated rings. The predicted molar refractivity (Wildman–Crippen MR) is 152 cm³/mol. The molecule has 3 amide bonds. The van der Waals surface area contributed by atoms with E-state index in [-0.39, 0.29) is 30.6 Å². The highest BCUT2D eigenvalue weighted by Gasteiger charge is 2.22. The number of carbonyl (C=O) groups excluding carboxylic acids is 3. The molecule has 7 nitrogen and oxygen atoms in total. The second-order valence-corrected chi connectivity index (χ2v) is 9.59. The Hall–Kier alpha value is -4.83. The molecule has 39 heavy (non-hydrogen) atoms. The number of para-hydroxylation sites is 2. The Morgan fingerprint density at radius 1 is 0.923 bits per heavy atom. The molecule has 7 heteroatoms. The van der Waals surface area contributed by atoms with E-state index < -0.39 is 6.04 Å². The molecule has 0 bridgehead atoms. The molecular formula is C32H30N4O3. The first-order valence-corrected chi connectivity index (χ1v) is 13.1. The quantitative estimate of drug-likeness (QED) is 0.307. The highest BCUT2D eigenvalue weighted by molar-refractivity contribution is 5.97. The Morgan fingerprint density at radius 3 is 2.51 bits per heavy atom. The monoisotopic (exact) mass is 518 g/mol. The standard InChI is InChI=1S/C32H30N4O3/c1-22(32(39)33-19-18-25-20-34-28-12-6-5-11-27(25)28)35-30(37)16-17-31(38)36-21-26-10-3-2-8-23(26)14-15-24-9-4-7-13-29(24)36/h2-13,20,22,34H,16-19,21H2,1H3,(H,33,39)(H,35,37). The van der Waals surface area contributed by atoms with Gasteiger partial charge >= 0.3 is 0 Å². The second-order valence-electron chi connectivity index (χ2n) is 9.59. The number of benzene rings is 3. The van der Waals surface area contributed by atoms with Crippen molar-refractivity contribution in [1.29, 1.82) is 0 Å². The van der Waals surface area contributed by atoms with Crippen LogP contribution in [0.5, 0.6) is 0 Å². The topological polar surface area (TPSA) is 94.3 Å². The Labute approximate surface area is 227 Å². The smallest absolute Gasteiger partial charge is 0.242 e. The molecule has 0 saturated heterocycles. The number of hydrogen-bond acceptors (Lipinski definition) is 3. The van der Waals surface area contributed by atoms with Crippen LogP contribution in [-0.2, 0) is 27.3 Å². The van der Waals surface area contributed by atoms with Crippen LogP contribution in [-0.4, -0.2) is 35.3 Å². The first-order valence-electron chi connectivity index (χ1n) is 13.1. The van der Waals surface area contributed by atoms with Crippen molar-refractivity contribution in [2.24, 2.45) is 0 Å². The normalized spacial score (nSPS) is 12.7. The molecule has 1 aliphatic rings. The van der Waals surface area contributed by atoms with Crippen molar-refractivity contribution in [2.75, 3.05) is 11.4 Å². The van der Waals surface area contributed by atoms with Gasteiger partial charge in [-0.2, -0.15) is 0 Å². The van der Waals surface area contributed by atoms with Gasteiger partial charge in [0.15, 0.2) is 0 Å². The third kappa shape index (κ3) is 6.02. The number of aromatic nitrogens is 1. The van der Waals surface area contributed by atoms with Crippen LogP contribution >= 0.6 is 0 Å². The molecule has 0 spiro atoms. The first kappa shape index (κ1) is 25.8. The zero-order valence-electron chi connectivity index (χ0n) is 21.8. The third-order valence-electron chi connectivity index (χ3n) is 6.88. The van der Waals surface area contributed by atoms with Gasteiger partial charge in [0.1, 0.15) is 6.04 Å². The number of H-pyrrole nitrogens is 1. The summed E-state index contributed by atoms with van der Waals surface area (Å²) in [5.41, 5.74) is 5.52. The number of hydrogen-bond donors (Lipinski definition) is 3. The molecular weight excluding hydrogens is 488 g/mol. The second kappa shape index (κ2) is 11.7. The van der Waals surface area contributed by atoms with Crippen LogP contribution in [0, 0.1) is 11.8 Å². The third-order valence-corrected chi connectivity index (χ3v) is 6.88. The molecule has 1 unspecified atom stereocenters.